The molecule has 122 valence electrons. The number of carbonyl (C=O) groups excluding carboxylic acids is 2. The van der Waals surface area contributed by atoms with E-state index in [1.165, 1.54) is 13.1 Å². The lowest BCUT2D eigenvalue weighted by atomic mass is 10.2. The minimum atomic E-state index is -0.147. The zero-order chi connectivity index (χ0) is 16.8. The maximum atomic E-state index is 12.9. The van der Waals surface area contributed by atoms with Crippen LogP contribution in [-0.4, -0.2) is 35.1 Å². The van der Waals surface area contributed by atoms with E-state index in [9.17, 15) is 9.59 Å². The molecule has 2 heterocycles. The fourth-order valence-corrected chi connectivity index (χ4v) is 3.05. The average molecular weight is 323 g/mol. The lowest BCUT2D eigenvalue weighted by Crippen LogP contribution is -2.25. The van der Waals surface area contributed by atoms with Gasteiger partial charge in [0.15, 0.2) is 5.82 Å². The SMILES string of the molecule is CC(=O)Nc1ccc2c(c1)N(C)C(=O)c1ccnnc1N2C1CC1. The topological polar surface area (TPSA) is 78.4 Å². The summed E-state index contributed by atoms with van der Waals surface area (Å²) in [6.45, 7) is 1.46. The van der Waals surface area contributed by atoms with Crippen molar-refractivity contribution in [3.05, 3.63) is 36.0 Å². The van der Waals surface area contributed by atoms with Gasteiger partial charge in [0, 0.05) is 25.7 Å². The van der Waals surface area contributed by atoms with Gasteiger partial charge in [-0.25, -0.2) is 0 Å². The molecule has 1 aromatic carbocycles. The van der Waals surface area contributed by atoms with Crippen molar-refractivity contribution in [2.24, 2.45) is 0 Å². The molecule has 0 radical (unpaired) electrons. The van der Waals surface area contributed by atoms with Crippen LogP contribution in [0.1, 0.15) is 30.1 Å². The minimum absolute atomic E-state index is 0.135. The summed E-state index contributed by atoms with van der Waals surface area (Å²) in [5, 5.41) is 11.0. The normalized spacial score (nSPS) is 16.3. The van der Waals surface area contributed by atoms with Gasteiger partial charge in [-0.2, -0.15) is 5.10 Å². The Kier molecular flexibility index (Phi) is 3.23. The molecule has 2 amide bonds. The van der Waals surface area contributed by atoms with E-state index in [1.54, 1.807) is 18.0 Å². The molecule has 2 aromatic rings. The first-order valence-corrected chi connectivity index (χ1v) is 7.87. The number of rotatable bonds is 2. The van der Waals surface area contributed by atoms with E-state index in [2.05, 4.69) is 20.4 Å². The summed E-state index contributed by atoms with van der Waals surface area (Å²) in [6, 6.07) is 7.62. The molecule has 4 rings (SSSR count). The maximum Gasteiger partial charge on any atom is 0.261 e. The number of hydrogen-bond acceptors (Lipinski definition) is 5. The zero-order valence-electron chi connectivity index (χ0n) is 13.5. The molecule has 0 atom stereocenters. The second-order valence-corrected chi connectivity index (χ2v) is 6.12. The highest BCUT2D eigenvalue weighted by Gasteiger charge is 2.38. The Bertz CT molecular complexity index is 847. The maximum absolute atomic E-state index is 12.9. The molecular formula is C17H17N5O2. The molecule has 1 aliphatic heterocycles. The number of amides is 2. The summed E-state index contributed by atoms with van der Waals surface area (Å²) in [7, 11) is 1.74. The van der Waals surface area contributed by atoms with Gasteiger partial charge in [-0.3, -0.25) is 9.59 Å². The van der Waals surface area contributed by atoms with Crippen LogP contribution in [0.4, 0.5) is 22.9 Å². The minimum Gasteiger partial charge on any atom is -0.326 e. The van der Waals surface area contributed by atoms with Crippen molar-refractivity contribution in [1.82, 2.24) is 10.2 Å². The number of carbonyl (C=O) groups is 2. The fourth-order valence-electron chi connectivity index (χ4n) is 3.05. The highest BCUT2D eigenvalue weighted by molar-refractivity contribution is 6.13. The van der Waals surface area contributed by atoms with Gasteiger partial charge < -0.3 is 15.1 Å². The Labute approximate surface area is 139 Å². The van der Waals surface area contributed by atoms with Crippen LogP contribution in [0.5, 0.6) is 0 Å². The van der Waals surface area contributed by atoms with Gasteiger partial charge in [-0.15, -0.1) is 5.10 Å². The van der Waals surface area contributed by atoms with Crippen molar-refractivity contribution in [2.45, 2.75) is 25.8 Å². The quantitative estimate of drug-likeness (QED) is 0.917. The number of anilines is 4. The summed E-state index contributed by atoms with van der Waals surface area (Å²) in [6.07, 6.45) is 3.65. The third-order valence-electron chi connectivity index (χ3n) is 4.29. The van der Waals surface area contributed by atoms with Crippen molar-refractivity contribution < 1.29 is 9.59 Å². The molecule has 0 bridgehead atoms. The molecule has 1 N–H and O–H groups in total. The molecule has 7 nitrogen and oxygen atoms in total. The van der Waals surface area contributed by atoms with Crippen LogP contribution in [0.25, 0.3) is 0 Å². The second-order valence-electron chi connectivity index (χ2n) is 6.12. The van der Waals surface area contributed by atoms with E-state index < -0.39 is 0 Å². The Morgan fingerprint density at radius 3 is 2.75 bits per heavy atom. The lowest BCUT2D eigenvalue weighted by molar-refractivity contribution is -0.114. The van der Waals surface area contributed by atoms with E-state index in [-0.39, 0.29) is 11.8 Å². The number of nitrogens with zero attached hydrogens (tertiary/aromatic N) is 4. The monoisotopic (exact) mass is 323 g/mol. The third-order valence-corrected chi connectivity index (χ3v) is 4.29. The molecule has 2 aliphatic rings. The van der Waals surface area contributed by atoms with Crippen molar-refractivity contribution in [3.8, 4) is 0 Å². The molecule has 0 saturated heterocycles. The van der Waals surface area contributed by atoms with Crippen molar-refractivity contribution >= 4 is 34.7 Å². The molecule has 0 spiro atoms. The zero-order valence-corrected chi connectivity index (χ0v) is 13.5. The predicted molar refractivity (Wildman–Crippen MR) is 90.7 cm³/mol. The van der Waals surface area contributed by atoms with Gasteiger partial charge >= 0.3 is 0 Å². The number of benzene rings is 1. The van der Waals surface area contributed by atoms with Crippen molar-refractivity contribution in [2.75, 3.05) is 22.2 Å². The predicted octanol–water partition coefficient (Wildman–Crippen LogP) is 2.33. The molecule has 1 saturated carbocycles. The van der Waals surface area contributed by atoms with E-state index in [0.717, 1.165) is 24.2 Å². The molecular weight excluding hydrogens is 306 g/mol. The summed E-state index contributed by atoms with van der Waals surface area (Å²) in [4.78, 5) is 27.9. The summed E-state index contributed by atoms with van der Waals surface area (Å²) < 4.78 is 0. The van der Waals surface area contributed by atoms with Crippen LogP contribution < -0.4 is 15.1 Å². The van der Waals surface area contributed by atoms with Gasteiger partial charge in [0.25, 0.3) is 5.91 Å². The van der Waals surface area contributed by atoms with Crippen LogP contribution >= 0.6 is 0 Å². The molecule has 0 unspecified atom stereocenters. The van der Waals surface area contributed by atoms with E-state index in [1.807, 2.05) is 18.2 Å². The van der Waals surface area contributed by atoms with Gasteiger partial charge in [-0.1, -0.05) is 0 Å². The van der Waals surface area contributed by atoms with Gasteiger partial charge in [0.2, 0.25) is 5.91 Å². The first kappa shape index (κ1) is 14.6. The van der Waals surface area contributed by atoms with Gasteiger partial charge in [-0.05, 0) is 37.1 Å². The smallest absolute Gasteiger partial charge is 0.261 e. The molecule has 1 aliphatic carbocycles. The first-order chi connectivity index (χ1) is 11.6. The Morgan fingerprint density at radius 1 is 1.25 bits per heavy atom. The third kappa shape index (κ3) is 2.29. The van der Waals surface area contributed by atoms with E-state index in [4.69, 9.17) is 0 Å². The average Bonchev–Trinajstić information content (AvgIpc) is 3.39. The van der Waals surface area contributed by atoms with Gasteiger partial charge in [0.1, 0.15) is 0 Å². The van der Waals surface area contributed by atoms with Crippen LogP contribution in [0.3, 0.4) is 0 Å². The fraction of sp³-hybridized carbons (Fsp3) is 0.294. The number of fused-ring (bicyclic) bond motifs is 2. The largest absolute Gasteiger partial charge is 0.326 e. The van der Waals surface area contributed by atoms with Gasteiger partial charge in [0.05, 0.1) is 23.1 Å². The summed E-state index contributed by atoms with van der Waals surface area (Å²) in [5.74, 6) is 0.318. The van der Waals surface area contributed by atoms with Crippen LogP contribution in [0.2, 0.25) is 0 Å². The number of aromatic nitrogens is 2. The van der Waals surface area contributed by atoms with Crippen LogP contribution in [0, 0.1) is 0 Å². The lowest BCUT2D eigenvalue weighted by Gasteiger charge is -2.25. The van der Waals surface area contributed by atoms with Crippen molar-refractivity contribution in [3.63, 3.8) is 0 Å². The summed E-state index contributed by atoms with van der Waals surface area (Å²) in [5.41, 5.74) is 2.85. The standard InChI is InChI=1S/C17H17N5O2/c1-10(23)19-11-3-6-14-15(9-11)21(2)17(24)13-7-8-18-20-16(13)22(14)12-4-5-12/h3,6-9,12H,4-5H2,1-2H3,(H,19,23). The first-order valence-electron chi connectivity index (χ1n) is 7.87. The number of nitrogens with one attached hydrogen (secondary N) is 1. The Morgan fingerprint density at radius 2 is 2.04 bits per heavy atom. The Balaban J connectivity index is 1.91. The molecule has 7 heteroatoms. The van der Waals surface area contributed by atoms with Crippen molar-refractivity contribution in [1.29, 1.82) is 0 Å². The van der Waals surface area contributed by atoms with E-state index in [0.29, 0.717) is 23.1 Å². The molecule has 1 aromatic heterocycles. The van der Waals surface area contributed by atoms with Crippen LogP contribution in [-0.2, 0) is 4.79 Å². The Hall–Kier alpha value is -2.96. The highest BCUT2D eigenvalue weighted by atomic mass is 16.2. The van der Waals surface area contributed by atoms with Crippen LogP contribution in [0.15, 0.2) is 30.5 Å². The molecule has 1 fully saturated rings. The highest BCUT2D eigenvalue weighted by Crippen LogP contribution is 2.45. The second kappa shape index (κ2) is 5.30. The number of hydrogen-bond donors (Lipinski definition) is 1. The summed E-state index contributed by atoms with van der Waals surface area (Å²) >= 11 is 0. The molecule has 24 heavy (non-hydrogen) atoms. The van der Waals surface area contributed by atoms with E-state index >= 15 is 0 Å².